The summed E-state index contributed by atoms with van der Waals surface area (Å²) in [5, 5.41) is 11.3. The van der Waals surface area contributed by atoms with Crippen LogP contribution in [0.5, 0.6) is 0 Å². The smallest absolute Gasteiger partial charge is 0.412 e. The minimum atomic E-state index is -1.19. The molecule has 0 unspecified atom stereocenters. The second kappa shape index (κ2) is 5.96. The van der Waals surface area contributed by atoms with E-state index in [2.05, 4.69) is 10.3 Å². The SMILES string of the molecule is O=C(Nc1scnc1C(=O)O)OCc1ccccc1. The maximum atomic E-state index is 11.5. The number of nitrogens with zero attached hydrogens (tertiary/aromatic N) is 1. The summed E-state index contributed by atoms with van der Waals surface area (Å²) in [6.45, 7) is 0.119. The number of aromatic nitrogens is 1. The van der Waals surface area contributed by atoms with E-state index in [0.717, 1.165) is 16.9 Å². The number of aromatic carboxylic acids is 1. The number of carbonyl (C=O) groups excluding carboxylic acids is 1. The Bertz CT molecular complexity index is 582. The maximum Gasteiger partial charge on any atom is 0.412 e. The third-order valence-electron chi connectivity index (χ3n) is 2.20. The van der Waals surface area contributed by atoms with Gasteiger partial charge in [-0.3, -0.25) is 5.32 Å². The van der Waals surface area contributed by atoms with E-state index >= 15 is 0 Å². The standard InChI is InChI=1S/C12H10N2O4S/c15-11(16)9-10(19-7-13-9)14-12(17)18-6-8-4-2-1-3-5-8/h1-5,7H,6H2,(H,14,17)(H,15,16). The quantitative estimate of drug-likeness (QED) is 0.897. The van der Waals surface area contributed by atoms with Gasteiger partial charge in [0.05, 0.1) is 5.51 Å². The predicted octanol–water partition coefficient (Wildman–Crippen LogP) is 2.59. The van der Waals surface area contributed by atoms with Crippen LogP contribution in [0.2, 0.25) is 0 Å². The molecule has 6 nitrogen and oxygen atoms in total. The molecular weight excluding hydrogens is 268 g/mol. The first kappa shape index (κ1) is 13.0. The number of carbonyl (C=O) groups is 2. The molecule has 2 aromatic rings. The number of thiazole rings is 1. The van der Waals surface area contributed by atoms with Gasteiger partial charge < -0.3 is 9.84 Å². The first-order chi connectivity index (χ1) is 9.16. The van der Waals surface area contributed by atoms with Gasteiger partial charge in [-0.05, 0) is 5.56 Å². The van der Waals surface area contributed by atoms with Crippen molar-refractivity contribution in [2.45, 2.75) is 6.61 Å². The fourth-order valence-electron chi connectivity index (χ4n) is 1.34. The second-order valence-electron chi connectivity index (χ2n) is 3.52. The molecule has 98 valence electrons. The van der Waals surface area contributed by atoms with Crippen LogP contribution < -0.4 is 5.32 Å². The van der Waals surface area contributed by atoms with E-state index in [1.54, 1.807) is 0 Å². The lowest BCUT2D eigenvalue weighted by molar-refractivity contribution is 0.0692. The van der Waals surface area contributed by atoms with Crippen LogP contribution in [0.3, 0.4) is 0 Å². The molecule has 2 rings (SSSR count). The summed E-state index contributed by atoms with van der Waals surface area (Å²) in [7, 11) is 0. The van der Waals surface area contributed by atoms with E-state index in [4.69, 9.17) is 9.84 Å². The van der Waals surface area contributed by atoms with E-state index in [9.17, 15) is 9.59 Å². The van der Waals surface area contributed by atoms with Gasteiger partial charge in [0.15, 0.2) is 5.69 Å². The Balaban J connectivity index is 1.91. The highest BCUT2D eigenvalue weighted by Gasteiger charge is 2.16. The number of carboxylic acid groups (broad SMARTS) is 1. The lowest BCUT2D eigenvalue weighted by Crippen LogP contribution is -2.14. The molecule has 0 spiro atoms. The highest BCUT2D eigenvalue weighted by molar-refractivity contribution is 7.14. The summed E-state index contributed by atoms with van der Waals surface area (Å²) >= 11 is 1.02. The van der Waals surface area contributed by atoms with E-state index < -0.39 is 12.1 Å². The average molecular weight is 278 g/mol. The first-order valence-corrected chi connectivity index (χ1v) is 6.19. The van der Waals surface area contributed by atoms with Crippen molar-refractivity contribution in [3.8, 4) is 0 Å². The maximum absolute atomic E-state index is 11.5. The van der Waals surface area contributed by atoms with Crippen molar-refractivity contribution in [2.75, 3.05) is 5.32 Å². The van der Waals surface area contributed by atoms with Crippen molar-refractivity contribution in [2.24, 2.45) is 0 Å². The Morgan fingerprint density at radius 3 is 2.74 bits per heavy atom. The zero-order valence-corrected chi connectivity index (χ0v) is 10.5. The van der Waals surface area contributed by atoms with Crippen LogP contribution in [0.4, 0.5) is 9.80 Å². The molecule has 19 heavy (non-hydrogen) atoms. The molecule has 2 N–H and O–H groups in total. The monoisotopic (exact) mass is 278 g/mol. The highest BCUT2D eigenvalue weighted by atomic mass is 32.1. The van der Waals surface area contributed by atoms with Crippen molar-refractivity contribution in [1.29, 1.82) is 0 Å². The summed E-state index contributed by atoms with van der Waals surface area (Å²) in [6.07, 6.45) is -0.712. The number of amides is 1. The van der Waals surface area contributed by atoms with Gasteiger partial charge in [-0.25, -0.2) is 14.6 Å². The fraction of sp³-hybridized carbons (Fsp3) is 0.0833. The van der Waals surface area contributed by atoms with Gasteiger partial charge in [0.2, 0.25) is 0 Å². The van der Waals surface area contributed by atoms with Crippen LogP contribution >= 0.6 is 11.3 Å². The van der Waals surface area contributed by atoms with E-state index in [1.165, 1.54) is 5.51 Å². The number of anilines is 1. The molecule has 1 aromatic heterocycles. The van der Waals surface area contributed by atoms with E-state index in [0.29, 0.717) is 0 Å². The van der Waals surface area contributed by atoms with Crippen molar-refractivity contribution < 1.29 is 19.4 Å². The van der Waals surface area contributed by atoms with Gasteiger partial charge in [-0.15, -0.1) is 11.3 Å². The number of benzene rings is 1. The van der Waals surface area contributed by atoms with E-state index in [-0.39, 0.29) is 17.3 Å². The minimum Gasteiger partial charge on any atom is -0.476 e. The van der Waals surface area contributed by atoms with Crippen LogP contribution in [0.15, 0.2) is 35.8 Å². The lowest BCUT2D eigenvalue weighted by Gasteiger charge is -2.05. The molecule has 0 aliphatic rings. The minimum absolute atomic E-state index is 0.119. The zero-order valence-electron chi connectivity index (χ0n) is 9.70. The molecule has 0 bridgehead atoms. The number of ether oxygens (including phenoxy) is 1. The fourth-order valence-corrected chi connectivity index (χ4v) is 2.00. The molecule has 1 heterocycles. The van der Waals surface area contributed by atoms with Gasteiger partial charge in [-0.1, -0.05) is 30.3 Å². The number of carboxylic acids is 1. The van der Waals surface area contributed by atoms with Gasteiger partial charge in [0.25, 0.3) is 0 Å². The second-order valence-corrected chi connectivity index (χ2v) is 4.38. The topological polar surface area (TPSA) is 88.5 Å². The Morgan fingerprint density at radius 1 is 1.32 bits per heavy atom. The molecule has 7 heteroatoms. The van der Waals surface area contributed by atoms with Gasteiger partial charge in [0.1, 0.15) is 11.6 Å². The van der Waals surface area contributed by atoms with Gasteiger partial charge in [0, 0.05) is 0 Å². The number of hydrogen-bond acceptors (Lipinski definition) is 5. The van der Waals surface area contributed by atoms with Crippen molar-refractivity contribution in [1.82, 2.24) is 4.98 Å². The third kappa shape index (κ3) is 3.52. The molecule has 1 amide bonds. The lowest BCUT2D eigenvalue weighted by atomic mass is 10.2. The van der Waals surface area contributed by atoms with Crippen molar-refractivity contribution >= 4 is 28.4 Å². The van der Waals surface area contributed by atoms with Crippen molar-refractivity contribution in [3.05, 3.63) is 47.1 Å². The molecular formula is C12H10N2O4S. The normalized spacial score (nSPS) is 9.89. The van der Waals surface area contributed by atoms with Crippen molar-refractivity contribution in [3.63, 3.8) is 0 Å². The average Bonchev–Trinajstić information content (AvgIpc) is 2.86. The molecule has 1 aromatic carbocycles. The van der Waals surface area contributed by atoms with Crippen LogP contribution in [-0.4, -0.2) is 22.2 Å². The summed E-state index contributed by atoms with van der Waals surface area (Å²) in [4.78, 5) is 25.9. The Morgan fingerprint density at radius 2 is 2.05 bits per heavy atom. The molecule has 0 atom stereocenters. The molecule has 0 fully saturated rings. The predicted molar refractivity (Wildman–Crippen MR) is 69.3 cm³/mol. The third-order valence-corrected chi connectivity index (χ3v) is 2.94. The van der Waals surface area contributed by atoms with Crippen LogP contribution in [0.1, 0.15) is 16.1 Å². The van der Waals surface area contributed by atoms with Crippen LogP contribution in [0.25, 0.3) is 0 Å². The zero-order chi connectivity index (χ0) is 13.7. The number of nitrogens with one attached hydrogen (secondary N) is 1. The summed E-state index contributed by atoms with van der Waals surface area (Å²) in [6, 6.07) is 9.18. The van der Waals surface area contributed by atoms with Crippen LogP contribution in [0, 0.1) is 0 Å². The van der Waals surface area contributed by atoms with Gasteiger partial charge >= 0.3 is 12.1 Å². The van der Waals surface area contributed by atoms with Crippen LogP contribution in [-0.2, 0) is 11.3 Å². The van der Waals surface area contributed by atoms with E-state index in [1.807, 2.05) is 30.3 Å². The molecule has 0 aliphatic carbocycles. The molecule has 0 saturated carbocycles. The van der Waals surface area contributed by atoms with Gasteiger partial charge in [-0.2, -0.15) is 0 Å². The number of rotatable bonds is 4. The summed E-state index contributed by atoms with van der Waals surface area (Å²) < 4.78 is 4.97. The molecule has 0 aliphatic heterocycles. The first-order valence-electron chi connectivity index (χ1n) is 5.31. The number of hydrogen-bond donors (Lipinski definition) is 2. The summed E-state index contributed by atoms with van der Waals surface area (Å²) in [5.74, 6) is -1.19. The Hall–Kier alpha value is -2.41. The molecule has 0 saturated heterocycles. The Labute approximate surface area is 112 Å². The molecule has 0 radical (unpaired) electrons. The highest BCUT2D eigenvalue weighted by Crippen LogP contribution is 2.20. The summed E-state index contributed by atoms with van der Waals surface area (Å²) in [5.41, 5.74) is 2.00. The largest absolute Gasteiger partial charge is 0.476 e. The Kier molecular flexibility index (Phi) is 4.09.